The van der Waals surface area contributed by atoms with Crippen molar-refractivity contribution in [2.45, 2.75) is 103 Å². The first kappa shape index (κ1) is 33.5. The average molecular weight is 510 g/mol. The Bertz CT molecular complexity index is 540. The summed E-state index contributed by atoms with van der Waals surface area (Å²) in [6, 6.07) is 0. The first-order valence-corrected chi connectivity index (χ1v) is 14.7. The summed E-state index contributed by atoms with van der Waals surface area (Å²) in [5, 5.41) is 0. The molecule has 0 rings (SSSR count). The number of phosphoric ester groups is 1. The van der Waals surface area contributed by atoms with Crippen LogP contribution >= 0.6 is 7.82 Å². The fourth-order valence-corrected chi connectivity index (χ4v) is 4.02. The Morgan fingerprint density at radius 2 is 1.35 bits per heavy atom. The van der Waals surface area contributed by atoms with Gasteiger partial charge in [-0.3, -0.25) is 9.36 Å². The first-order chi connectivity index (χ1) is 16.1. The number of hydrogen-bond donors (Lipinski definition) is 0. The summed E-state index contributed by atoms with van der Waals surface area (Å²) in [6.45, 7) is 5.01. The van der Waals surface area contributed by atoms with Crippen LogP contribution in [0.1, 0.15) is 97.3 Å². The van der Waals surface area contributed by atoms with Crippen molar-refractivity contribution in [2.24, 2.45) is 0 Å². The predicted octanol–water partition coefficient (Wildman–Crippen LogP) is 5.23. The minimum Gasteiger partial charge on any atom is -0.756 e. The molecule has 0 aromatic heterocycles. The number of likely N-dealkylation sites (N-methyl/N-ethyl adjacent to an activating group) is 1. The molecule has 2 unspecified atom stereocenters. The van der Waals surface area contributed by atoms with Crippen molar-refractivity contribution in [3.05, 3.63) is 0 Å². The van der Waals surface area contributed by atoms with Gasteiger partial charge in [0.05, 0.1) is 34.4 Å². The Morgan fingerprint density at radius 1 is 0.794 bits per heavy atom. The number of esters is 1. The van der Waals surface area contributed by atoms with E-state index in [1.165, 1.54) is 57.8 Å². The number of rotatable bonds is 24. The Labute approximate surface area is 208 Å². The van der Waals surface area contributed by atoms with Crippen LogP contribution in [0.3, 0.4) is 0 Å². The zero-order valence-corrected chi connectivity index (χ0v) is 23.5. The number of hydrogen-bond acceptors (Lipinski definition) is 7. The molecule has 0 aromatic carbocycles. The molecule has 0 saturated heterocycles. The Morgan fingerprint density at radius 3 is 1.88 bits per heavy atom. The molecule has 0 fully saturated rings. The molecule has 0 bridgehead atoms. The van der Waals surface area contributed by atoms with Crippen LogP contribution in [-0.2, 0) is 27.9 Å². The zero-order chi connectivity index (χ0) is 25.7. The third-order valence-electron chi connectivity index (χ3n) is 5.38. The maximum Gasteiger partial charge on any atom is 0.306 e. The van der Waals surface area contributed by atoms with Gasteiger partial charge in [0.2, 0.25) is 0 Å². The summed E-state index contributed by atoms with van der Waals surface area (Å²) >= 11 is 0. The highest BCUT2D eigenvalue weighted by Gasteiger charge is 2.20. The molecule has 204 valence electrons. The molecule has 0 amide bonds. The van der Waals surface area contributed by atoms with E-state index in [0.717, 1.165) is 12.8 Å². The van der Waals surface area contributed by atoms with E-state index in [1.54, 1.807) is 0 Å². The van der Waals surface area contributed by atoms with Gasteiger partial charge in [-0.25, -0.2) is 0 Å². The molecule has 0 N–H and O–H groups in total. The lowest BCUT2D eigenvalue weighted by Crippen LogP contribution is -2.37. The molecule has 0 aliphatic rings. The zero-order valence-electron chi connectivity index (χ0n) is 22.6. The molecular weight excluding hydrogens is 457 g/mol. The lowest BCUT2D eigenvalue weighted by atomic mass is 10.1. The maximum absolute atomic E-state index is 12.0. The minimum absolute atomic E-state index is 0.0277. The van der Waals surface area contributed by atoms with Crippen LogP contribution in [0.15, 0.2) is 0 Å². The second-order valence-corrected chi connectivity index (χ2v) is 11.5. The molecule has 0 heterocycles. The van der Waals surface area contributed by atoms with Crippen LogP contribution in [0.2, 0.25) is 0 Å². The molecule has 0 aliphatic carbocycles. The maximum atomic E-state index is 12.0. The van der Waals surface area contributed by atoms with Crippen molar-refractivity contribution in [1.82, 2.24) is 0 Å². The lowest BCUT2D eigenvalue weighted by molar-refractivity contribution is -0.870. The van der Waals surface area contributed by atoms with E-state index in [2.05, 4.69) is 6.92 Å². The van der Waals surface area contributed by atoms with Gasteiger partial charge in [-0.05, 0) is 12.8 Å². The third kappa shape index (κ3) is 23.3. The van der Waals surface area contributed by atoms with Gasteiger partial charge in [0.1, 0.15) is 19.3 Å². The van der Waals surface area contributed by atoms with E-state index >= 15 is 0 Å². The fraction of sp³-hybridized carbons (Fsp3) is 0.960. The summed E-state index contributed by atoms with van der Waals surface area (Å²) in [4.78, 5) is 23.9. The SMILES string of the molecule is CCCCCCCCCCCCCOCC(COP(=O)([O-])OCC[N+](C)(C)C)OC(=O)CCC. The first-order valence-electron chi connectivity index (χ1n) is 13.3. The standard InChI is InChI=1S/C25H52NO7P/c1-6-8-9-10-11-12-13-14-15-16-17-20-30-22-24(33-25(27)18-7-2)23-32-34(28,29)31-21-19-26(3,4)5/h24H,6-23H2,1-5H3. The van der Waals surface area contributed by atoms with E-state index in [0.29, 0.717) is 24.1 Å². The third-order valence-corrected chi connectivity index (χ3v) is 6.34. The van der Waals surface area contributed by atoms with Gasteiger partial charge in [0.25, 0.3) is 7.82 Å². The number of quaternary nitrogens is 1. The van der Waals surface area contributed by atoms with Crippen molar-refractivity contribution >= 4 is 13.8 Å². The minimum atomic E-state index is -4.47. The summed E-state index contributed by atoms with van der Waals surface area (Å²) in [6.07, 6.45) is 14.0. The van der Waals surface area contributed by atoms with Crippen LogP contribution in [0.4, 0.5) is 0 Å². The van der Waals surface area contributed by atoms with Gasteiger partial charge in [0, 0.05) is 13.0 Å². The molecular formula is C25H52NO7P. The molecule has 2 atom stereocenters. The van der Waals surface area contributed by atoms with E-state index in [-0.39, 0.29) is 32.2 Å². The number of phosphoric acid groups is 1. The van der Waals surface area contributed by atoms with E-state index < -0.39 is 13.9 Å². The normalized spacial score (nSPS) is 14.6. The van der Waals surface area contributed by atoms with Gasteiger partial charge in [-0.2, -0.15) is 0 Å². The van der Waals surface area contributed by atoms with Crippen LogP contribution < -0.4 is 4.89 Å². The second kappa shape index (κ2) is 20.7. The molecule has 8 nitrogen and oxygen atoms in total. The number of unbranched alkanes of at least 4 members (excludes halogenated alkanes) is 10. The van der Waals surface area contributed by atoms with Gasteiger partial charge < -0.3 is 27.9 Å². The smallest absolute Gasteiger partial charge is 0.306 e. The van der Waals surface area contributed by atoms with E-state index in [9.17, 15) is 14.3 Å². The fourth-order valence-electron chi connectivity index (χ4n) is 3.29. The van der Waals surface area contributed by atoms with Crippen LogP contribution in [0.25, 0.3) is 0 Å². The topological polar surface area (TPSA) is 94.1 Å². The molecule has 34 heavy (non-hydrogen) atoms. The highest BCUT2D eigenvalue weighted by Crippen LogP contribution is 2.38. The van der Waals surface area contributed by atoms with Crippen molar-refractivity contribution in [3.8, 4) is 0 Å². The Balaban J connectivity index is 4.09. The summed E-state index contributed by atoms with van der Waals surface area (Å²) in [5.74, 6) is -0.388. The number of carbonyl (C=O) groups excluding carboxylic acids is 1. The van der Waals surface area contributed by atoms with Gasteiger partial charge >= 0.3 is 5.97 Å². The molecule has 0 spiro atoms. The molecule has 0 aromatic rings. The van der Waals surface area contributed by atoms with E-state index in [1.807, 2.05) is 28.1 Å². The number of ether oxygens (including phenoxy) is 2. The second-order valence-electron chi connectivity index (χ2n) is 10.1. The highest BCUT2D eigenvalue weighted by atomic mass is 31.2. The average Bonchev–Trinajstić information content (AvgIpc) is 2.74. The largest absolute Gasteiger partial charge is 0.756 e. The van der Waals surface area contributed by atoms with Gasteiger partial charge in [0.15, 0.2) is 0 Å². The number of nitrogens with zero attached hydrogens (tertiary/aromatic N) is 1. The molecule has 0 saturated carbocycles. The van der Waals surface area contributed by atoms with Crippen molar-refractivity contribution in [3.63, 3.8) is 0 Å². The van der Waals surface area contributed by atoms with Crippen LogP contribution in [-0.4, -0.2) is 70.7 Å². The molecule has 0 radical (unpaired) electrons. The van der Waals surface area contributed by atoms with Gasteiger partial charge in [-0.1, -0.05) is 78.1 Å². The monoisotopic (exact) mass is 509 g/mol. The summed E-state index contributed by atoms with van der Waals surface area (Å²) in [5.41, 5.74) is 0. The van der Waals surface area contributed by atoms with Crippen molar-refractivity contribution in [2.75, 3.05) is 54.1 Å². The van der Waals surface area contributed by atoms with Gasteiger partial charge in [-0.15, -0.1) is 0 Å². The Kier molecular flexibility index (Phi) is 20.4. The van der Waals surface area contributed by atoms with Crippen molar-refractivity contribution in [1.29, 1.82) is 0 Å². The highest BCUT2D eigenvalue weighted by molar-refractivity contribution is 7.45. The predicted molar refractivity (Wildman–Crippen MR) is 134 cm³/mol. The quantitative estimate of drug-likeness (QED) is 0.0761. The van der Waals surface area contributed by atoms with Crippen molar-refractivity contribution < 1.29 is 37.3 Å². The molecule has 9 heteroatoms. The Hall–Kier alpha value is -0.500. The van der Waals surface area contributed by atoms with Crippen LogP contribution in [0.5, 0.6) is 0 Å². The summed E-state index contributed by atoms with van der Waals surface area (Å²) < 4.78 is 33.5. The summed E-state index contributed by atoms with van der Waals surface area (Å²) in [7, 11) is 1.35. The molecule has 0 aliphatic heterocycles. The van der Waals surface area contributed by atoms with Crippen LogP contribution in [0, 0.1) is 0 Å². The lowest BCUT2D eigenvalue weighted by Gasteiger charge is -2.28. The number of carbonyl (C=O) groups is 1. The van der Waals surface area contributed by atoms with E-state index in [4.69, 9.17) is 18.5 Å².